The molecule has 0 aromatic rings. The van der Waals surface area contributed by atoms with Crippen molar-refractivity contribution >= 4 is 0 Å². The van der Waals surface area contributed by atoms with Gasteiger partial charge in [-0.15, -0.1) is 0 Å². The molecule has 8 heavy (non-hydrogen) atoms. The van der Waals surface area contributed by atoms with E-state index < -0.39 is 0 Å². The number of hydrogen-bond acceptors (Lipinski definition) is 2. The summed E-state index contributed by atoms with van der Waals surface area (Å²) >= 11 is 0. The summed E-state index contributed by atoms with van der Waals surface area (Å²) in [5, 5.41) is 0. The van der Waals surface area contributed by atoms with Crippen molar-refractivity contribution in [2.24, 2.45) is 11.5 Å². The minimum atomic E-state index is 0.575. The van der Waals surface area contributed by atoms with E-state index in [0.717, 1.165) is 5.57 Å². The smallest absolute Gasteiger partial charge is 0.0110 e. The molecule has 0 aromatic heterocycles. The molecule has 0 aromatic carbocycles. The van der Waals surface area contributed by atoms with Crippen molar-refractivity contribution < 1.29 is 0 Å². The summed E-state index contributed by atoms with van der Waals surface area (Å²) in [6.07, 6.45) is 5.30. The highest BCUT2D eigenvalue weighted by Gasteiger charge is 1.72. The van der Waals surface area contributed by atoms with Crippen molar-refractivity contribution in [3.05, 3.63) is 23.9 Å². The van der Waals surface area contributed by atoms with E-state index in [-0.39, 0.29) is 0 Å². The maximum Gasteiger partial charge on any atom is 0.0110 e. The van der Waals surface area contributed by atoms with Crippen molar-refractivity contribution in [3.63, 3.8) is 0 Å². The molecular weight excluding hydrogens is 100 g/mol. The van der Waals surface area contributed by atoms with Crippen LogP contribution in [-0.4, -0.2) is 6.54 Å². The van der Waals surface area contributed by atoms with Gasteiger partial charge < -0.3 is 11.5 Å². The lowest BCUT2D eigenvalue weighted by Gasteiger charge is -1.84. The molecule has 0 bridgehead atoms. The van der Waals surface area contributed by atoms with Gasteiger partial charge in [0.15, 0.2) is 0 Å². The number of hydrogen-bond donors (Lipinski definition) is 2. The third-order valence-electron chi connectivity index (χ3n) is 0.780. The quantitative estimate of drug-likeness (QED) is 0.507. The SMILES string of the molecule is CC(/C=C\CN)=C/N. The van der Waals surface area contributed by atoms with Crippen LogP contribution in [0.25, 0.3) is 0 Å². The van der Waals surface area contributed by atoms with Gasteiger partial charge in [-0.2, -0.15) is 0 Å². The molecule has 0 heterocycles. The van der Waals surface area contributed by atoms with Gasteiger partial charge >= 0.3 is 0 Å². The molecule has 0 radical (unpaired) electrons. The van der Waals surface area contributed by atoms with Crippen LogP contribution in [0.1, 0.15) is 6.92 Å². The van der Waals surface area contributed by atoms with Crippen LogP contribution in [0, 0.1) is 0 Å². The maximum atomic E-state index is 5.18. The Morgan fingerprint density at radius 2 is 2.25 bits per heavy atom. The van der Waals surface area contributed by atoms with Crippen molar-refractivity contribution in [1.82, 2.24) is 0 Å². The van der Waals surface area contributed by atoms with Crippen LogP contribution in [-0.2, 0) is 0 Å². The lowest BCUT2D eigenvalue weighted by Crippen LogP contribution is -1.92. The van der Waals surface area contributed by atoms with Gasteiger partial charge in [0.1, 0.15) is 0 Å². The summed E-state index contributed by atoms with van der Waals surface area (Å²) < 4.78 is 0. The fourth-order valence-electron chi connectivity index (χ4n) is 0.309. The summed E-state index contributed by atoms with van der Waals surface area (Å²) in [5.41, 5.74) is 11.4. The summed E-state index contributed by atoms with van der Waals surface area (Å²) in [6.45, 7) is 2.50. The normalized spacial score (nSPS) is 13.0. The van der Waals surface area contributed by atoms with Gasteiger partial charge in [-0.05, 0) is 18.7 Å². The molecular formula is C6H12N2. The van der Waals surface area contributed by atoms with Crippen LogP contribution in [0.5, 0.6) is 0 Å². The van der Waals surface area contributed by atoms with Crippen LogP contribution in [0.4, 0.5) is 0 Å². The van der Waals surface area contributed by atoms with Crippen molar-refractivity contribution in [2.75, 3.05) is 6.54 Å². The standard InChI is InChI=1S/C6H12N2/c1-6(5-8)3-2-4-7/h2-3,5H,4,7-8H2,1H3/b3-2-,6-5-. The van der Waals surface area contributed by atoms with Crippen LogP contribution in [0.2, 0.25) is 0 Å². The lowest BCUT2D eigenvalue weighted by atomic mass is 10.3. The Morgan fingerprint density at radius 3 is 2.62 bits per heavy atom. The largest absolute Gasteiger partial charge is 0.404 e. The van der Waals surface area contributed by atoms with Crippen molar-refractivity contribution in [2.45, 2.75) is 6.92 Å². The van der Waals surface area contributed by atoms with Crippen molar-refractivity contribution in [3.8, 4) is 0 Å². The average Bonchev–Trinajstić information content (AvgIpc) is 1.83. The van der Waals surface area contributed by atoms with E-state index in [0.29, 0.717) is 6.54 Å². The van der Waals surface area contributed by atoms with Gasteiger partial charge in [0.2, 0.25) is 0 Å². The molecule has 0 unspecified atom stereocenters. The highest BCUT2D eigenvalue weighted by molar-refractivity contribution is 5.14. The third-order valence-corrected chi connectivity index (χ3v) is 0.780. The highest BCUT2D eigenvalue weighted by Crippen LogP contribution is 1.88. The molecule has 46 valence electrons. The zero-order valence-corrected chi connectivity index (χ0v) is 5.09. The molecule has 2 nitrogen and oxygen atoms in total. The molecule has 0 aliphatic heterocycles. The Kier molecular flexibility index (Phi) is 3.98. The average molecular weight is 112 g/mol. The van der Waals surface area contributed by atoms with Crippen LogP contribution >= 0.6 is 0 Å². The Labute approximate surface area is 49.9 Å². The predicted molar refractivity (Wildman–Crippen MR) is 36.1 cm³/mol. The Morgan fingerprint density at radius 1 is 1.62 bits per heavy atom. The molecule has 4 N–H and O–H groups in total. The van der Waals surface area contributed by atoms with Gasteiger partial charge in [0.05, 0.1) is 0 Å². The highest BCUT2D eigenvalue weighted by atomic mass is 14.5. The first-order valence-electron chi connectivity index (χ1n) is 2.56. The molecule has 0 spiro atoms. The first-order valence-corrected chi connectivity index (χ1v) is 2.56. The molecule has 0 saturated heterocycles. The summed E-state index contributed by atoms with van der Waals surface area (Å²) in [5.74, 6) is 0. The fourth-order valence-corrected chi connectivity index (χ4v) is 0.309. The zero-order valence-electron chi connectivity index (χ0n) is 5.09. The minimum absolute atomic E-state index is 0.575. The minimum Gasteiger partial charge on any atom is -0.404 e. The topological polar surface area (TPSA) is 52.0 Å². The number of allylic oxidation sites excluding steroid dienone is 2. The van der Waals surface area contributed by atoms with Gasteiger partial charge in [0, 0.05) is 6.54 Å². The van der Waals surface area contributed by atoms with E-state index in [2.05, 4.69) is 0 Å². The van der Waals surface area contributed by atoms with Gasteiger partial charge in [-0.25, -0.2) is 0 Å². The van der Waals surface area contributed by atoms with Crippen LogP contribution in [0.3, 0.4) is 0 Å². The molecule has 0 aliphatic carbocycles. The van der Waals surface area contributed by atoms with Gasteiger partial charge in [-0.1, -0.05) is 12.2 Å². The monoisotopic (exact) mass is 112 g/mol. The summed E-state index contributed by atoms with van der Waals surface area (Å²) in [6, 6.07) is 0. The maximum absolute atomic E-state index is 5.18. The zero-order chi connectivity index (χ0) is 6.41. The molecule has 0 saturated carbocycles. The second kappa shape index (κ2) is 4.40. The third kappa shape index (κ3) is 3.43. The van der Waals surface area contributed by atoms with E-state index in [4.69, 9.17) is 11.5 Å². The van der Waals surface area contributed by atoms with Gasteiger partial charge in [0.25, 0.3) is 0 Å². The second-order valence-corrected chi connectivity index (χ2v) is 1.55. The van der Waals surface area contributed by atoms with E-state index in [1.165, 1.54) is 0 Å². The molecule has 0 rings (SSSR count). The Hall–Kier alpha value is -0.760. The molecule has 0 fully saturated rings. The van der Waals surface area contributed by atoms with Gasteiger partial charge in [-0.3, -0.25) is 0 Å². The molecule has 2 heteroatoms. The summed E-state index contributed by atoms with van der Waals surface area (Å²) in [7, 11) is 0. The Bertz CT molecular complexity index is 103. The predicted octanol–water partition coefficient (Wildman–Crippen LogP) is 0.364. The first-order chi connectivity index (χ1) is 3.81. The van der Waals surface area contributed by atoms with E-state index in [9.17, 15) is 0 Å². The van der Waals surface area contributed by atoms with E-state index in [1.807, 2.05) is 19.1 Å². The van der Waals surface area contributed by atoms with Crippen LogP contribution in [0.15, 0.2) is 23.9 Å². The fraction of sp³-hybridized carbons (Fsp3) is 0.333. The van der Waals surface area contributed by atoms with Crippen LogP contribution < -0.4 is 11.5 Å². The Balaban J connectivity index is 3.53. The molecule has 0 aliphatic rings. The molecule has 0 amide bonds. The number of rotatable bonds is 2. The number of nitrogens with two attached hydrogens (primary N) is 2. The van der Waals surface area contributed by atoms with E-state index >= 15 is 0 Å². The van der Waals surface area contributed by atoms with E-state index in [1.54, 1.807) is 6.20 Å². The van der Waals surface area contributed by atoms with Crippen molar-refractivity contribution in [1.29, 1.82) is 0 Å². The second-order valence-electron chi connectivity index (χ2n) is 1.55. The molecule has 0 atom stereocenters. The summed E-state index contributed by atoms with van der Waals surface area (Å²) in [4.78, 5) is 0. The lowest BCUT2D eigenvalue weighted by molar-refractivity contribution is 1.24. The first kappa shape index (κ1) is 7.24.